The third-order valence-electron chi connectivity index (χ3n) is 9.06. The fraction of sp³-hybridized carbons (Fsp3) is 0.412. The van der Waals surface area contributed by atoms with Crippen LogP contribution in [0.3, 0.4) is 0 Å². The predicted octanol–water partition coefficient (Wildman–Crippen LogP) is 5.80. The minimum atomic E-state index is -1.04. The van der Waals surface area contributed by atoms with Gasteiger partial charge in [-0.15, -0.1) is 5.10 Å². The summed E-state index contributed by atoms with van der Waals surface area (Å²) in [4.78, 5) is 23.6. The Morgan fingerprint density at radius 3 is 2.58 bits per heavy atom. The van der Waals surface area contributed by atoms with Crippen molar-refractivity contribution in [1.29, 1.82) is 0 Å². The fourth-order valence-corrected chi connectivity index (χ4v) is 6.88. The van der Waals surface area contributed by atoms with Gasteiger partial charge in [0.25, 0.3) is 6.47 Å². The molecule has 6 rings (SSSR count). The summed E-state index contributed by atoms with van der Waals surface area (Å²) < 4.78 is 8.07. The summed E-state index contributed by atoms with van der Waals surface area (Å²) >= 11 is 0. The van der Waals surface area contributed by atoms with E-state index >= 15 is 0 Å². The molecule has 9 nitrogen and oxygen atoms in total. The number of rotatable bonds is 5. The Morgan fingerprint density at radius 2 is 1.86 bits per heavy atom. The molecule has 9 heteroatoms. The van der Waals surface area contributed by atoms with Crippen LogP contribution in [0.5, 0.6) is 5.75 Å². The molecule has 0 saturated carbocycles. The number of aryl methyl sites for hydroxylation is 4. The first-order chi connectivity index (χ1) is 20.5. The monoisotopic (exact) mass is 584 g/mol. The normalized spacial score (nSPS) is 18.9. The second-order valence-electron chi connectivity index (χ2n) is 12.4. The molecule has 1 aromatic heterocycles. The fourth-order valence-electron chi connectivity index (χ4n) is 6.88. The van der Waals surface area contributed by atoms with E-state index in [0.29, 0.717) is 0 Å². The molecule has 0 saturated heterocycles. The zero-order chi connectivity index (χ0) is 31.1. The molecule has 43 heavy (non-hydrogen) atoms. The first-order valence-corrected chi connectivity index (χ1v) is 14.7. The lowest BCUT2D eigenvalue weighted by Crippen LogP contribution is -2.34. The van der Waals surface area contributed by atoms with Crippen LogP contribution in [0.4, 0.5) is 0 Å². The molecule has 0 fully saturated rings. The van der Waals surface area contributed by atoms with Crippen molar-refractivity contribution in [3.8, 4) is 5.75 Å². The molecule has 2 aliphatic rings. The van der Waals surface area contributed by atoms with E-state index in [9.17, 15) is 9.90 Å². The molecule has 2 N–H and O–H groups in total. The Bertz CT molecular complexity index is 1680. The Kier molecular flexibility index (Phi) is 8.29. The Hall–Kier alpha value is -4.24. The summed E-state index contributed by atoms with van der Waals surface area (Å²) in [6.07, 6.45) is 2.14. The van der Waals surface area contributed by atoms with E-state index in [1.54, 1.807) is 4.68 Å². The topological polar surface area (TPSA) is 118 Å². The van der Waals surface area contributed by atoms with Gasteiger partial charge < -0.3 is 14.9 Å². The number of aromatic nitrogens is 3. The number of aliphatic carboxylic acids is 1. The molecule has 4 aromatic rings. The van der Waals surface area contributed by atoms with Gasteiger partial charge in [0.05, 0.1) is 10.9 Å². The highest BCUT2D eigenvalue weighted by Crippen LogP contribution is 2.46. The average molecular weight is 585 g/mol. The van der Waals surface area contributed by atoms with Crippen molar-refractivity contribution in [3.63, 3.8) is 0 Å². The van der Waals surface area contributed by atoms with Gasteiger partial charge in [0.15, 0.2) is 0 Å². The molecule has 0 amide bonds. The molecule has 2 unspecified atom stereocenters. The number of nitrogens with zero attached hydrogens (tertiary/aromatic N) is 4. The van der Waals surface area contributed by atoms with Gasteiger partial charge in [0.1, 0.15) is 17.4 Å². The van der Waals surface area contributed by atoms with Crippen LogP contribution in [0.2, 0.25) is 0 Å². The van der Waals surface area contributed by atoms with Gasteiger partial charge in [-0.2, -0.15) is 0 Å². The van der Waals surface area contributed by atoms with Crippen molar-refractivity contribution in [1.82, 2.24) is 19.9 Å². The minimum absolute atomic E-state index is 0.0799. The van der Waals surface area contributed by atoms with E-state index in [2.05, 4.69) is 71.5 Å². The second kappa shape index (κ2) is 11.8. The average Bonchev–Trinajstić information content (AvgIpc) is 3.50. The summed E-state index contributed by atoms with van der Waals surface area (Å²) in [5, 5.41) is 25.9. The Balaban J connectivity index is 0.00000118. The van der Waals surface area contributed by atoms with Crippen molar-refractivity contribution in [2.75, 3.05) is 6.54 Å². The molecule has 226 valence electrons. The van der Waals surface area contributed by atoms with Crippen LogP contribution in [-0.4, -0.2) is 55.2 Å². The van der Waals surface area contributed by atoms with Crippen LogP contribution in [-0.2, 0) is 29.6 Å². The van der Waals surface area contributed by atoms with Crippen molar-refractivity contribution >= 4 is 23.5 Å². The molecule has 0 bridgehead atoms. The molecule has 1 aliphatic carbocycles. The quantitative estimate of drug-likeness (QED) is 0.283. The standard InChI is InChI=1S/C33H38N4O3.CH2O2/c1-19-7-14-29-24(15-19)18-37(17-20(2)40-29)27-12-10-22-8-9-23(16-26(22)27)30(33(4,5)32(38)39)25-11-13-28-31(21(25)3)34-35-36(28)6;2-1-3/h7-9,11,13-16,20,27,30H,10,12,17-18H2,1-6H3,(H,38,39);1H,(H,2,3)/t20-,27?,30?;/m1./s1. The highest BCUT2D eigenvalue weighted by Gasteiger charge is 2.41. The Morgan fingerprint density at radius 1 is 1.12 bits per heavy atom. The minimum Gasteiger partial charge on any atom is -0.489 e. The van der Waals surface area contributed by atoms with Gasteiger partial charge in [-0.05, 0) is 87.4 Å². The smallest absolute Gasteiger partial charge is 0.310 e. The largest absolute Gasteiger partial charge is 0.489 e. The predicted molar refractivity (Wildman–Crippen MR) is 164 cm³/mol. The van der Waals surface area contributed by atoms with Crippen LogP contribution in [0.1, 0.15) is 78.1 Å². The van der Waals surface area contributed by atoms with E-state index < -0.39 is 11.4 Å². The van der Waals surface area contributed by atoms with Crippen LogP contribution < -0.4 is 4.74 Å². The summed E-state index contributed by atoms with van der Waals surface area (Å²) in [5.41, 5.74) is 8.84. The van der Waals surface area contributed by atoms with Gasteiger partial charge >= 0.3 is 5.97 Å². The summed E-state index contributed by atoms with van der Waals surface area (Å²) in [6.45, 7) is 11.4. The lowest BCUT2D eigenvalue weighted by atomic mass is 9.69. The molecule has 3 atom stereocenters. The van der Waals surface area contributed by atoms with Gasteiger partial charge in [-0.3, -0.25) is 14.5 Å². The summed E-state index contributed by atoms with van der Waals surface area (Å²) in [6, 6.07) is 17.4. The number of ether oxygens (including phenoxy) is 1. The van der Waals surface area contributed by atoms with Crippen molar-refractivity contribution in [3.05, 3.63) is 87.5 Å². The zero-order valence-electron chi connectivity index (χ0n) is 25.7. The first kappa shape index (κ1) is 30.2. The van der Waals surface area contributed by atoms with Crippen LogP contribution >= 0.6 is 0 Å². The zero-order valence-corrected chi connectivity index (χ0v) is 25.7. The van der Waals surface area contributed by atoms with Gasteiger partial charge in [-0.25, -0.2) is 4.68 Å². The maximum Gasteiger partial charge on any atom is 0.310 e. The maximum absolute atomic E-state index is 12.7. The number of carbonyl (C=O) groups is 2. The van der Waals surface area contributed by atoms with E-state index in [-0.39, 0.29) is 24.5 Å². The highest BCUT2D eigenvalue weighted by molar-refractivity contribution is 5.81. The summed E-state index contributed by atoms with van der Waals surface area (Å²) in [7, 11) is 1.88. The maximum atomic E-state index is 12.7. The van der Waals surface area contributed by atoms with Crippen molar-refractivity contribution < 1.29 is 24.5 Å². The number of benzene rings is 3. The van der Waals surface area contributed by atoms with Crippen LogP contribution in [0, 0.1) is 19.3 Å². The molecule has 2 heterocycles. The van der Waals surface area contributed by atoms with Gasteiger partial charge in [0, 0.05) is 37.7 Å². The molecule has 0 radical (unpaired) electrons. The lowest BCUT2D eigenvalue weighted by molar-refractivity contribution is -0.147. The molecule has 1 aliphatic heterocycles. The lowest BCUT2D eigenvalue weighted by Gasteiger charge is -2.34. The van der Waals surface area contributed by atoms with Gasteiger partial charge in [-0.1, -0.05) is 47.2 Å². The second-order valence-corrected chi connectivity index (χ2v) is 12.4. The van der Waals surface area contributed by atoms with E-state index in [1.165, 1.54) is 22.3 Å². The van der Waals surface area contributed by atoms with Crippen molar-refractivity contribution in [2.24, 2.45) is 12.5 Å². The molecule has 3 aromatic carbocycles. The third kappa shape index (κ3) is 5.61. The Labute approximate surface area is 252 Å². The number of fused-ring (bicyclic) bond motifs is 3. The van der Waals surface area contributed by atoms with E-state index in [1.807, 2.05) is 33.9 Å². The van der Waals surface area contributed by atoms with E-state index in [0.717, 1.165) is 59.4 Å². The molecular weight excluding hydrogens is 544 g/mol. The number of hydrogen-bond donors (Lipinski definition) is 2. The SMILES string of the molecule is Cc1ccc2c(c1)CN(C1CCc3ccc(C(c4ccc5c(nnn5C)c4C)C(C)(C)C(=O)O)cc31)C[C@@H](C)O2.O=CO. The van der Waals surface area contributed by atoms with E-state index in [4.69, 9.17) is 14.6 Å². The number of carboxylic acid groups (broad SMARTS) is 2. The molecule has 0 spiro atoms. The van der Waals surface area contributed by atoms with Crippen molar-refractivity contribution in [2.45, 2.75) is 72.1 Å². The van der Waals surface area contributed by atoms with Crippen LogP contribution in [0.15, 0.2) is 48.5 Å². The third-order valence-corrected chi connectivity index (χ3v) is 9.06. The molecular formula is C34H40N4O5. The number of hydrogen-bond acceptors (Lipinski definition) is 6. The first-order valence-electron chi connectivity index (χ1n) is 14.7. The number of carboxylic acids is 1. The highest BCUT2D eigenvalue weighted by atomic mass is 16.5. The van der Waals surface area contributed by atoms with Gasteiger partial charge in [0.2, 0.25) is 0 Å². The van der Waals surface area contributed by atoms with Crippen LogP contribution in [0.25, 0.3) is 11.0 Å². The summed E-state index contributed by atoms with van der Waals surface area (Å²) in [5.74, 6) is -0.192.